The van der Waals surface area contributed by atoms with Gasteiger partial charge >= 0.3 is 12.3 Å². The van der Waals surface area contributed by atoms with Crippen LogP contribution in [-0.4, -0.2) is 42.4 Å². The number of hydrogen-bond donors (Lipinski definition) is 2. The molecule has 166 valence electrons. The minimum Gasteiger partial charge on any atom is -0.495 e. The fourth-order valence-electron chi connectivity index (χ4n) is 2.86. The second-order valence-electron chi connectivity index (χ2n) is 7.22. The molecule has 8 nitrogen and oxygen atoms in total. The monoisotopic (exact) mass is 438 g/mol. The van der Waals surface area contributed by atoms with E-state index in [1.54, 1.807) is 37.3 Å². The van der Waals surface area contributed by atoms with Crippen LogP contribution in [-0.2, 0) is 10.3 Å². The molecular formula is C20H21F3N4O4. The van der Waals surface area contributed by atoms with E-state index in [-0.39, 0.29) is 12.5 Å². The van der Waals surface area contributed by atoms with Gasteiger partial charge in [0.1, 0.15) is 17.1 Å². The number of alkyl halides is 3. The number of nitrogens with one attached hydrogen (secondary N) is 1. The first kappa shape index (κ1) is 22.3. The summed E-state index contributed by atoms with van der Waals surface area (Å²) in [6.45, 7) is 2.08. The highest BCUT2D eigenvalue weighted by Gasteiger charge is 2.58. The zero-order valence-corrected chi connectivity index (χ0v) is 17.0. The lowest BCUT2D eigenvalue weighted by atomic mass is 9.90. The number of pyridine rings is 1. The quantitative estimate of drug-likeness (QED) is 0.755. The van der Waals surface area contributed by atoms with Gasteiger partial charge in [-0.2, -0.15) is 13.2 Å². The van der Waals surface area contributed by atoms with Gasteiger partial charge in [-0.3, -0.25) is 10.3 Å². The van der Waals surface area contributed by atoms with Crippen molar-refractivity contribution in [2.45, 2.75) is 31.2 Å². The molecule has 1 amide bonds. The second-order valence-corrected chi connectivity index (χ2v) is 7.22. The van der Waals surface area contributed by atoms with E-state index in [2.05, 4.69) is 15.3 Å². The maximum atomic E-state index is 13.3. The lowest BCUT2D eigenvalue weighted by Gasteiger charge is -2.41. The molecule has 1 aliphatic heterocycles. The molecule has 31 heavy (non-hydrogen) atoms. The average Bonchev–Trinajstić information content (AvgIpc) is 2.71. The Balaban J connectivity index is 1.76. The number of halogens is 3. The standard InChI is InChI=1S/C20H21F3N4O4/c1-18(11-30-19(2,16(24)27-18)20(21,22)23)12-5-4-6-13(9-12)26-17(28)31-15-8-7-14(29-3)10-25-15/h4-10H,11H2,1-3H3,(H2,24,27)(H,26,28)/t18-,19+/m0/s1. The van der Waals surface area contributed by atoms with Gasteiger partial charge in [-0.25, -0.2) is 9.78 Å². The molecule has 3 N–H and O–H groups in total. The van der Waals surface area contributed by atoms with Crippen LogP contribution < -0.4 is 20.5 Å². The van der Waals surface area contributed by atoms with Crippen LogP contribution in [0.3, 0.4) is 0 Å². The van der Waals surface area contributed by atoms with Crippen molar-refractivity contribution >= 4 is 17.6 Å². The van der Waals surface area contributed by atoms with Gasteiger partial charge < -0.3 is 19.9 Å². The number of carbonyl (C=O) groups excluding carboxylic acids is 1. The molecule has 0 radical (unpaired) electrons. The molecule has 0 fully saturated rings. The lowest BCUT2D eigenvalue weighted by Crippen LogP contribution is -2.60. The van der Waals surface area contributed by atoms with Crippen LogP contribution in [0.5, 0.6) is 11.6 Å². The maximum Gasteiger partial charge on any atom is 0.424 e. The number of benzene rings is 1. The lowest BCUT2D eigenvalue weighted by molar-refractivity contribution is -0.249. The van der Waals surface area contributed by atoms with E-state index >= 15 is 0 Å². The van der Waals surface area contributed by atoms with Crippen molar-refractivity contribution in [2.75, 3.05) is 19.0 Å². The highest BCUT2D eigenvalue weighted by atomic mass is 19.4. The average molecular weight is 438 g/mol. The number of aliphatic imine (C=N–C) groups is 1. The summed E-state index contributed by atoms with van der Waals surface area (Å²) in [6.07, 6.45) is -4.11. The number of hydrogen-bond acceptors (Lipinski definition) is 7. The molecule has 0 aliphatic carbocycles. The smallest absolute Gasteiger partial charge is 0.424 e. The first-order chi connectivity index (χ1) is 14.5. The van der Waals surface area contributed by atoms with Crippen LogP contribution in [0.4, 0.5) is 23.7 Å². The zero-order chi connectivity index (χ0) is 22.9. The van der Waals surface area contributed by atoms with Gasteiger partial charge in [-0.1, -0.05) is 12.1 Å². The van der Waals surface area contributed by atoms with Gasteiger partial charge in [-0.15, -0.1) is 0 Å². The molecule has 1 aliphatic rings. The number of rotatable bonds is 4. The molecule has 0 saturated heterocycles. The third-order valence-corrected chi connectivity index (χ3v) is 4.91. The van der Waals surface area contributed by atoms with Crippen molar-refractivity contribution in [1.82, 2.24) is 4.98 Å². The molecule has 11 heteroatoms. The van der Waals surface area contributed by atoms with Gasteiger partial charge in [0.25, 0.3) is 0 Å². The topological polar surface area (TPSA) is 108 Å². The summed E-state index contributed by atoms with van der Waals surface area (Å²) < 4.78 is 55.1. The van der Waals surface area contributed by atoms with E-state index in [1.807, 2.05) is 0 Å². The highest BCUT2D eigenvalue weighted by molar-refractivity contribution is 5.91. The fourth-order valence-corrected chi connectivity index (χ4v) is 2.86. The Morgan fingerprint density at radius 2 is 2.00 bits per heavy atom. The van der Waals surface area contributed by atoms with Crippen molar-refractivity contribution in [3.63, 3.8) is 0 Å². The molecule has 0 unspecified atom stereocenters. The number of carbonyl (C=O) groups is 1. The van der Waals surface area contributed by atoms with Crippen LogP contribution >= 0.6 is 0 Å². The molecular weight excluding hydrogens is 417 g/mol. The van der Waals surface area contributed by atoms with Crippen LogP contribution in [0.25, 0.3) is 0 Å². The summed E-state index contributed by atoms with van der Waals surface area (Å²) in [5.41, 5.74) is 2.65. The number of nitrogens with two attached hydrogens (primary N) is 1. The van der Waals surface area contributed by atoms with E-state index in [1.165, 1.54) is 19.4 Å². The maximum absolute atomic E-state index is 13.3. The molecule has 0 saturated carbocycles. The van der Waals surface area contributed by atoms with Crippen molar-refractivity contribution in [1.29, 1.82) is 0 Å². The number of aromatic nitrogens is 1. The fraction of sp³-hybridized carbons (Fsp3) is 0.350. The number of amidine groups is 1. The van der Waals surface area contributed by atoms with Crippen molar-refractivity contribution in [3.05, 3.63) is 48.2 Å². The summed E-state index contributed by atoms with van der Waals surface area (Å²) in [5.74, 6) is -0.104. The molecule has 3 rings (SSSR count). The number of methoxy groups -OCH3 is 1. The third-order valence-electron chi connectivity index (χ3n) is 4.91. The largest absolute Gasteiger partial charge is 0.495 e. The van der Waals surface area contributed by atoms with E-state index in [0.717, 1.165) is 6.92 Å². The molecule has 2 aromatic rings. The number of anilines is 1. The van der Waals surface area contributed by atoms with E-state index in [4.69, 9.17) is 19.9 Å². The van der Waals surface area contributed by atoms with Gasteiger partial charge in [0.05, 0.1) is 19.9 Å². The molecule has 2 atom stereocenters. The Labute approximate surface area is 176 Å². The Hall–Kier alpha value is -3.34. The number of ether oxygens (including phenoxy) is 3. The summed E-state index contributed by atoms with van der Waals surface area (Å²) in [6, 6.07) is 9.45. The van der Waals surface area contributed by atoms with Gasteiger partial charge in [-0.05, 0) is 37.6 Å². The molecule has 1 aromatic carbocycles. The number of amides is 1. The van der Waals surface area contributed by atoms with E-state index in [0.29, 0.717) is 17.0 Å². The molecule has 2 heterocycles. The first-order valence-corrected chi connectivity index (χ1v) is 9.13. The van der Waals surface area contributed by atoms with Crippen LogP contribution in [0.2, 0.25) is 0 Å². The Morgan fingerprint density at radius 3 is 2.58 bits per heavy atom. The Bertz CT molecular complexity index is 997. The second kappa shape index (κ2) is 8.06. The molecule has 0 spiro atoms. The summed E-state index contributed by atoms with van der Waals surface area (Å²) >= 11 is 0. The third kappa shape index (κ3) is 4.55. The first-order valence-electron chi connectivity index (χ1n) is 9.13. The predicted molar refractivity (Wildman–Crippen MR) is 106 cm³/mol. The minimum atomic E-state index is -4.70. The summed E-state index contributed by atoms with van der Waals surface area (Å²) in [4.78, 5) is 20.2. The summed E-state index contributed by atoms with van der Waals surface area (Å²) in [7, 11) is 1.48. The molecule has 0 bridgehead atoms. The van der Waals surface area contributed by atoms with Crippen LogP contribution in [0, 0.1) is 0 Å². The van der Waals surface area contributed by atoms with Crippen molar-refractivity contribution < 1.29 is 32.2 Å². The van der Waals surface area contributed by atoms with Gasteiger partial charge in [0.2, 0.25) is 11.5 Å². The van der Waals surface area contributed by atoms with E-state index < -0.39 is 29.2 Å². The van der Waals surface area contributed by atoms with Crippen molar-refractivity contribution in [3.8, 4) is 11.6 Å². The summed E-state index contributed by atoms with van der Waals surface area (Å²) in [5, 5.41) is 2.53. The van der Waals surface area contributed by atoms with Crippen molar-refractivity contribution in [2.24, 2.45) is 10.7 Å². The SMILES string of the molecule is COc1ccc(OC(=O)Nc2cccc([C@]3(C)CO[C@@](C)(C(F)(F)F)C(N)=N3)c2)nc1. The molecule has 1 aromatic heterocycles. The number of nitrogens with zero attached hydrogens (tertiary/aromatic N) is 2. The Morgan fingerprint density at radius 1 is 1.26 bits per heavy atom. The Kier molecular flexibility index (Phi) is 5.81. The van der Waals surface area contributed by atoms with Gasteiger partial charge in [0, 0.05) is 11.8 Å². The van der Waals surface area contributed by atoms with Crippen LogP contribution in [0.15, 0.2) is 47.6 Å². The zero-order valence-electron chi connectivity index (χ0n) is 17.0. The highest BCUT2D eigenvalue weighted by Crippen LogP contribution is 2.41. The van der Waals surface area contributed by atoms with E-state index in [9.17, 15) is 18.0 Å². The predicted octanol–water partition coefficient (Wildman–Crippen LogP) is 3.62. The normalized spacial score (nSPS) is 23.6. The van der Waals surface area contributed by atoms with Crippen LogP contribution in [0.1, 0.15) is 19.4 Å². The van der Waals surface area contributed by atoms with Gasteiger partial charge in [0.15, 0.2) is 0 Å². The minimum absolute atomic E-state index is 0.0610.